The van der Waals surface area contributed by atoms with Crippen LogP contribution in [0.2, 0.25) is 5.02 Å². The Bertz CT molecular complexity index is 564. The highest BCUT2D eigenvalue weighted by molar-refractivity contribution is 6.30. The molecule has 6 nitrogen and oxygen atoms in total. The number of rotatable bonds is 2. The molecule has 3 rings (SSSR count). The molecular weight excluding hydrogens is 266 g/mol. The second kappa shape index (κ2) is 5.05. The van der Waals surface area contributed by atoms with E-state index >= 15 is 0 Å². The van der Waals surface area contributed by atoms with Gasteiger partial charge in [-0.25, -0.2) is 4.98 Å². The molecule has 0 unspecified atom stereocenters. The first kappa shape index (κ1) is 12.2. The van der Waals surface area contributed by atoms with Crippen LogP contribution in [0.4, 0.5) is 0 Å². The summed E-state index contributed by atoms with van der Waals surface area (Å²) in [6.45, 7) is 0.723. The highest BCUT2D eigenvalue weighted by Gasteiger charge is 2.31. The predicted octanol–water partition coefficient (Wildman–Crippen LogP) is 2.15. The van der Waals surface area contributed by atoms with E-state index in [0.29, 0.717) is 10.7 Å². The molecule has 100 valence electrons. The van der Waals surface area contributed by atoms with E-state index in [9.17, 15) is 4.79 Å². The van der Waals surface area contributed by atoms with Gasteiger partial charge in [0.15, 0.2) is 0 Å². The molecule has 19 heavy (non-hydrogen) atoms. The lowest BCUT2D eigenvalue weighted by molar-refractivity contribution is 0.0595. The summed E-state index contributed by atoms with van der Waals surface area (Å²) in [6.07, 6.45) is 6.07. The van der Waals surface area contributed by atoms with Crippen molar-refractivity contribution in [3.05, 3.63) is 35.1 Å². The van der Waals surface area contributed by atoms with Crippen LogP contribution in [0, 0.1) is 0 Å². The van der Waals surface area contributed by atoms with Crippen molar-refractivity contribution in [2.75, 3.05) is 6.54 Å². The third-order valence-electron chi connectivity index (χ3n) is 3.39. The zero-order chi connectivity index (χ0) is 13.2. The summed E-state index contributed by atoms with van der Waals surface area (Å²) in [5.41, 5.74) is 0.511. The molecule has 1 aliphatic heterocycles. The quantitative estimate of drug-likeness (QED) is 0.884. The summed E-state index contributed by atoms with van der Waals surface area (Å²) < 4.78 is 0. The van der Waals surface area contributed by atoms with Crippen molar-refractivity contribution in [2.24, 2.45) is 0 Å². The average molecular weight is 280 g/mol. The molecule has 1 atom stereocenters. The van der Waals surface area contributed by atoms with Crippen molar-refractivity contribution >= 4 is 17.5 Å². The monoisotopic (exact) mass is 279 g/mol. The SMILES string of the molecule is O=C(c1cc(Cl)c[nH]1)N1CCCC[C@@H]1c1ncn[nH]1. The van der Waals surface area contributed by atoms with Gasteiger partial charge in [0.25, 0.3) is 5.91 Å². The number of halogens is 1. The Morgan fingerprint density at radius 3 is 3.05 bits per heavy atom. The molecule has 3 heterocycles. The third kappa shape index (κ3) is 2.35. The van der Waals surface area contributed by atoms with E-state index in [-0.39, 0.29) is 11.9 Å². The molecule has 0 bridgehead atoms. The van der Waals surface area contributed by atoms with Crippen LogP contribution in [0.1, 0.15) is 41.6 Å². The second-order valence-corrected chi connectivity index (χ2v) is 5.05. The number of H-pyrrole nitrogens is 2. The number of nitrogens with one attached hydrogen (secondary N) is 2. The minimum atomic E-state index is -0.0481. The van der Waals surface area contributed by atoms with Gasteiger partial charge in [0.05, 0.1) is 11.1 Å². The normalized spacial score (nSPS) is 19.6. The molecule has 0 aliphatic carbocycles. The molecule has 2 N–H and O–H groups in total. The molecule has 0 aromatic carbocycles. The summed E-state index contributed by atoms with van der Waals surface area (Å²) in [6, 6.07) is 1.61. The predicted molar refractivity (Wildman–Crippen MR) is 69.8 cm³/mol. The largest absolute Gasteiger partial charge is 0.356 e. The fraction of sp³-hybridized carbons (Fsp3) is 0.417. The highest BCUT2D eigenvalue weighted by Crippen LogP contribution is 2.30. The summed E-state index contributed by atoms with van der Waals surface area (Å²) >= 11 is 5.85. The van der Waals surface area contributed by atoms with Gasteiger partial charge in [-0.15, -0.1) is 0 Å². The number of piperidine rings is 1. The van der Waals surface area contributed by atoms with Crippen LogP contribution >= 0.6 is 11.6 Å². The van der Waals surface area contributed by atoms with E-state index in [1.54, 1.807) is 12.3 Å². The first-order valence-corrected chi connectivity index (χ1v) is 6.63. The number of amides is 1. The molecule has 0 radical (unpaired) electrons. The van der Waals surface area contributed by atoms with Gasteiger partial charge in [0.1, 0.15) is 17.8 Å². The second-order valence-electron chi connectivity index (χ2n) is 4.61. The molecule has 0 spiro atoms. The van der Waals surface area contributed by atoms with Crippen LogP contribution in [0.5, 0.6) is 0 Å². The molecule has 2 aromatic heterocycles. The van der Waals surface area contributed by atoms with Crippen molar-refractivity contribution in [1.82, 2.24) is 25.1 Å². The minimum absolute atomic E-state index is 0.0363. The van der Waals surface area contributed by atoms with Gasteiger partial charge in [-0.05, 0) is 25.3 Å². The van der Waals surface area contributed by atoms with Crippen molar-refractivity contribution in [2.45, 2.75) is 25.3 Å². The lowest BCUT2D eigenvalue weighted by Gasteiger charge is -2.34. The number of likely N-dealkylation sites (tertiary alicyclic amines) is 1. The van der Waals surface area contributed by atoms with Gasteiger partial charge < -0.3 is 9.88 Å². The Labute approximate surface area is 115 Å². The van der Waals surface area contributed by atoms with Crippen molar-refractivity contribution in [3.8, 4) is 0 Å². The number of carbonyl (C=O) groups is 1. The summed E-state index contributed by atoms with van der Waals surface area (Å²) in [5.74, 6) is 0.693. The Kier molecular flexibility index (Phi) is 3.25. The molecule has 0 saturated carbocycles. The van der Waals surface area contributed by atoms with Gasteiger partial charge in [-0.3, -0.25) is 9.89 Å². The van der Waals surface area contributed by atoms with Crippen LogP contribution in [-0.2, 0) is 0 Å². The first-order valence-electron chi connectivity index (χ1n) is 6.26. The van der Waals surface area contributed by atoms with Crippen molar-refractivity contribution in [3.63, 3.8) is 0 Å². The number of hydrogen-bond acceptors (Lipinski definition) is 3. The van der Waals surface area contributed by atoms with E-state index in [1.807, 2.05) is 4.90 Å². The zero-order valence-corrected chi connectivity index (χ0v) is 11.0. The van der Waals surface area contributed by atoms with Crippen molar-refractivity contribution < 1.29 is 4.79 Å². The molecule has 2 aromatic rings. The van der Waals surface area contributed by atoms with Gasteiger partial charge in [0, 0.05) is 12.7 Å². The Morgan fingerprint density at radius 1 is 1.47 bits per heavy atom. The zero-order valence-electron chi connectivity index (χ0n) is 10.3. The summed E-state index contributed by atoms with van der Waals surface area (Å²) in [7, 11) is 0. The molecule has 1 saturated heterocycles. The highest BCUT2D eigenvalue weighted by atomic mass is 35.5. The van der Waals surface area contributed by atoms with Crippen LogP contribution < -0.4 is 0 Å². The van der Waals surface area contributed by atoms with Crippen LogP contribution in [0.3, 0.4) is 0 Å². The van der Waals surface area contributed by atoms with Gasteiger partial charge >= 0.3 is 0 Å². The van der Waals surface area contributed by atoms with Crippen LogP contribution in [0.15, 0.2) is 18.6 Å². The third-order valence-corrected chi connectivity index (χ3v) is 3.61. The lowest BCUT2D eigenvalue weighted by atomic mass is 10.0. The molecule has 7 heteroatoms. The Morgan fingerprint density at radius 2 is 2.37 bits per heavy atom. The van der Waals surface area contributed by atoms with E-state index in [2.05, 4.69) is 20.2 Å². The molecule has 1 aliphatic rings. The number of nitrogens with zero attached hydrogens (tertiary/aromatic N) is 3. The molecular formula is C12H14ClN5O. The summed E-state index contributed by atoms with van der Waals surface area (Å²) in [4.78, 5) is 21.4. The first-order chi connectivity index (χ1) is 9.25. The van der Waals surface area contributed by atoms with Crippen LogP contribution in [0.25, 0.3) is 0 Å². The van der Waals surface area contributed by atoms with Crippen LogP contribution in [-0.4, -0.2) is 37.5 Å². The van der Waals surface area contributed by atoms with Crippen molar-refractivity contribution in [1.29, 1.82) is 0 Å². The number of aromatic amines is 2. The van der Waals surface area contributed by atoms with E-state index in [1.165, 1.54) is 6.33 Å². The lowest BCUT2D eigenvalue weighted by Crippen LogP contribution is -2.39. The Hall–Kier alpha value is -1.82. The van der Waals surface area contributed by atoms with Gasteiger partial charge in [0.2, 0.25) is 0 Å². The molecule has 1 fully saturated rings. The standard InChI is InChI=1S/C12H14ClN5O/c13-8-5-9(14-6-8)12(19)18-4-2-1-3-10(18)11-15-7-16-17-11/h5-7,10,14H,1-4H2,(H,15,16,17)/t10-/m1/s1. The maximum Gasteiger partial charge on any atom is 0.270 e. The maximum absolute atomic E-state index is 12.5. The van der Waals surface area contributed by atoms with Gasteiger partial charge in [-0.1, -0.05) is 11.6 Å². The van der Waals surface area contributed by atoms with E-state index in [0.717, 1.165) is 31.6 Å². The number of carbonyl (C=O) groups excluding carboxylic acids is 1. The number of aromatic nitrogens is 4. The maximum atomic E-state index is 12.5. The van der Waals surface area contributed by atoms with E-state index in [4.69, 9.17) is 11.6 Å². The van der Waals surface area contributed by atoms with Gasteiger partial charge in [-0.2, -0.15) is 5.10 Å². The fourth-order valence-electron chi connectivity index (χ4n) is 2.48. The minimum Gasteiger partial charge on any atom is -0.356 e. The average Bonchev–Trinajstić information content (AvgIpc) is 3.09. The fourth-order valence-corrected chi connectivity index (χ4v) is 2.64. The smallest absolute Gasteiger partial charge is 0.270 e. The van der Waals surface area contributed by atoms with E-state index < -0.39 is 0 Å². The number of hydrogen-bond donors (Lipinski definition) is 2. The topological polar surface area (TPSA) is 77.7 Å². The molecule has 1 amide bonds. The summed E-state index contributed by atoms with van der Waals surface area (Å²) in [5, 5.41) is 7.26. The Balaban J connectivity index is 1.86.